The minimum atomic E-state index is -0.409. The Bertz CT molecular complexity index is 633. The smallest absolute Gasteiger partial charge is 0.163 e. The molecule has 1 N–H and O–H groups in total. The minimum absolute atomic E-state index is 0.132. The van der Waals surface area contributed by atoms with Gasteiger partial charge in [-0.1, -0.05) is 17.7 Å². The van der Waals surface area contributed by atoms with E-state index < -0.39 is 5.82 Å². The van der Waals surface area contributed by atoms with E-state index in [2.05, 4.69) is 5.32 Å². The first-order chi connectivity index (χ1) is 9.72. The molecule has 3 rings (SSSR count). The Kier molecular flexibility index (Phi) is 3.65. The summed E-state index contributed by atoms with van der Waals surface area (Å²) in [5, 5.41) is 3.34. The molecule has 0 spiro atoms. The number of nitrogens with one attached hydrogen (secondary N) is 1. The number of rotatable bonds is 3. The van der Waals surface area contributed by atoms with Crippen LogP contribution < -0.4 is 14.8 Å². The predicted octanol–water partition coefficient (Wildman–Crippen LogP) is 3.86. The first-order valence-corrected chi connectivity index (χ1v) is 6.67. The SMILES string of the molecule is Fc1cc(CNc2ccc3c(c2)OCCO3)ccc1Cl. The molecule has 0 amide bonds. The van der Waals surface area contributed by atoms with Gasteiger partial charge >= 0.3 is 0 Å². The molecule has 0 saturated heterocycles. The van der Waals surface area contributed by atoms with Gasteiger partial charge in [-0.3, -0.25) is 0 Å². The van der Waals surface area contributed by atoms with Crippen molar-refractivity contribution in [1.82, 2.24) is 0 Å². The van der Waals surface area contributed by atoms with Crippen molar-refractivity contribution in [3.8, 4) is 11.5 Å². The van der Waals surface area contributed by atoms with Gasteiger partial charge in [0.2, 0.25) is 0 Å². The lowest BCUT2D eigenvalue weighted by molar-refractivity contribution is 0.171. The fraction of sp³-hybridized carbons (Fsp3) is 0.200. The largest absolute Gasteiger partial charge is 0.486 e. The van der Waals surface area contributed by atoms with Gasteiger partial charge in [0.05, 0.1) is 5.02 Å². The lowest BCUT2D eigenvalue weighted by Crippen LogP contribution is -2.15. The van der Waals surface area contributed by atoms with Gasteiger partial charge < -0.3 is 14.8 Å². The van der Waals surface area contributed by atoms with Gasteiger partial charge in [0.25, 0.3) is 0 Å². The van der Waals surface area contributed by atoms with Crippen LogP contribution in [-0.2, 0) is 6.54 Å². The Hall–Kier alpha value is -1.94. The summed E-state index contributed by atoms with van der Waals surface area (Å²) in [7, 11) is 0. The molecule has 0 atom stereocenters. The zero-order chi connectivity index (χ0) is 13.9. The zero-order valence-corrected chi connectivity index (χ0v) is 11.4. The van der Waals surface area contributed by atoms with Crippen LogP contribution in [0.1, 0.15) is 5.56 Å². The monoisotopic (exact) mass is 293 g/mol. The Morgan fingerprint density at radius 2 is 1.85 bits per heavy atom. The first-order valence-electron chi connectivity index (χ1n) is 6.30. The van der Waals surface area contributed by atoms with E-state index in [1.165, 1.54) is 6.07 Å². The first kappa shape index (κ1) is 13.1. The highest BCUT2D eigenvalue weighted by Crippen LogP contribution is 2.32. The van der Waals surface area contributed by atoms with Crippen LogP contribution in [0.5, 0.6) is 11.5 Å². The van der Waals surface area contributed by atoms with Crippen molar-refractivity contribution in [2.24, 2.45) is 0 Å². The number of benzene rings is 2. The summed E-state index contributed by atoms with van der Waals surface area (Å²) in [4.78, 5) is 0. The lowest BCUT2D eigenvalue weighted by atomic mass is 10.2. The average Bonchev–Trinajstić information content (AvgIpc) is 2.48. The van der Waals surface area contributed by atoms with Crippen molar-refractivity contribution in [3.63, 3.8) is 0 Å². The molecular weight excluding hydrogens is 281 g/mol. The van der Waals surface area contributed by atoms with E-state index in [4.69, 9.17) is 21.1 Å². The van der Waals surface area contributed by atoms with Crippen LogP contribution in [0.25, 0.3) is 0 Å². The molecule has 3 nitrogen and oxygen atoms in total. The van der Waals surface area contributed by atoms with E-state index in [-0.39, 0.29) is 5.02 Å². The summed E-state index contributed by atoms with van der Waals surface area (Å²) < 4.78 is 24.3. The molecule has 2 aromatic rings. The molecule has 104 valence electrons. The van der Waals surface area contributed by atoms with Crippen molar-refractivity contribution < 1.29 is 13.9 Å². The Morgan fingerprint density at radius 3 is 2.65 bits per heavy atom. The van der Waals surface area contributed by atoms with E-state index in [0.717, 1.165) is 22.7 Å². The van der Waals surface area contributed by atoms with Crippen molar-refractivity contribution in [1.29, 1.82) is 0 Å². The van der Waals surface area contributed by atoms with E-state index in [1.807, 2.05) is 18.2 Å². The Balaban J connectivity index is 1.70. The molecule has 1 aliphatic heterocycles. The maximum atomic E-state index is 13.3. The molecule has 1 aliphatic rings. The fourth-order valence-corrected chi connectivity index (χ4v) is 2.12. The second-order valence-electron chi connectivity index (χ2n) is 4.46. The summed E-state index contributed by atoms with van der Waals surface area (Å²) >= 11 is 5.65. The predicted molar refractivity (Wildman–Crippen MR) is 76.2 cm³/mol. The molecule has 0 bridgehead atoms. The number of fused-ring (bicyclic) bond motifs is 1. The molecular formula is C15H13ClFNO2. The van der Waals surface area contributed by atoms with Crippen LogP contribution in [-0.4, -0.2) is 13.2 Å². The number of hydrogen-bond acceptors (Lipinski definition) is 3. The molecule has 20 heavy (non-hydrogen) atoms. The van der Waals surface area contributed by atoms with Crippen LogP contribution in [0.15, 0.2) is 36.4 Å². The molecule has 0 radical (unpaired) electrons. The van der Waals surface area contributed by atoms with Gasteiger partial charge in [0.15, 0.2) is 11.5 Å². The quantitative estimate of drug-likeness (QED) is 0.932. The second kappa shape index (κ2) is 5.59. The average molecular weight is 294 g/mol. The van der Waals surface area contributed by atoms with Gasteiger partial charge in [0, 0.05) is 18.3 Å². The maximum Gasteiger partial charge on any atom is 0.163 e. The number of halogens is 2. The molecule has 0 unspecified atom stereocenters. The van der Waals surface area contributed by atoms with E-state index >= 15 is 0 Å². The van der Waals surface area contributed by atoms with Crippen LogP contribution in [0.3, 0.4) is 0 Å². The third kappa shape index (κ3) is 2.80. The Morgan fingerprint density at radius 1 is 1.05 bits per heavy atom. The highest BCUT2D eigenvalue weighted by Gasteiger charge is 2.11. The number of anilines is 1. The van der Waals surface area contributed by atoms with Crippen LogP contribution in [0.2, 0.25) is 5.02 Å². The van der Waals surface area contributed by atoms with Crippen molar-refractivity contribution >= 4 is 17.3 Å². The summed E-state index contributed by atoms with van der Waals surface area (Å²) in [5.74, 6) is 1.07. The molecule has 1 heterocycles. The molecule has 0 fully saturated rings. The fourth-order valence-electron chi connectivity index (χ4n) is 2.01. The van der Waals surface area contributed by atoms with Gasteiger partial charge in [-0.25, -0.2) is 4.39 Å². The standard InChI is InChI=1S/C15H13ClFNO2/c16-12-3-1-10(7-13(12)17)9-18-11-2-4-14-15(8-11)20-6-5-19-14/h1-4,7-8,18H,5-6,9H2. The van der Waals surface area contributed by atoms with Crippen molar-refractivity contribution in [3.05, 3.63) is 52.8 Å². The van der Waals surface area contributed by atoms with Crippen LogP contribution in [0, 0.1) is 5.82 Å². The summed E-state index contributed by atoms with van der Waals surface area (Å²) in [6, 6.07) is 10.4. The van der Waals surface area contributed by atoms with Crippen LogP contribution in [0.4, 0.5) is 10.1 Å². The van der Waals surface area contributed by atoms with E-state index in [0.29, 0.717) is 19.8 Å². The highest BCUT2D eigenvalue weighted by molar-refractivity contribution is 6.30. The topological polar surface area (TPSA) is 30.5 Å². The summed E-state index contributed by atoms with van der Waals surface area (Å²) in [5.41, 5.74) is 1.71. The maximum absolute atomic E-state index is 13.3. The van der Waals surface area contributed by atoms with Gasteiger partial charge in [-0.05, 0) is 29.8 Å². The van der Waals surface area contributed by atoms with Crippen molar-refractivity contribution in [2.45, 2.75) is 6.54 Å². The van der Waals surface area contributed by atoms with Gasteiger partial charge in [0.1, 0.15) is 19.0 Å². The number of ether oxygens (including phenoxy) is 2. The van der Waals surface area contributed by atoms with E-state index in [1.54, 1.807) is 12.1 Å². The third-order valence-corrected chi connectivity index (χ3v) is 3.33. The molecule has 0 aliphatic carbocycles. The molecule has 0 aromatic heterocycles. The van der Waals surface area contributed by atoms with E-state index in [9.17, 15) is 4.39 Å². The molecule has 0 saturated carbocycles. The van der Waals surface area contributed by atoms with Gasteiger partial charge in [-0.15, -0.1) is 0 Å². The van der Waals surface area contributed by atoms with Gasteiger partial charge in [-0.2, -0.15) is 0 Å². The third-order valence-electron chi connectivity index (χ3n) is 3.02. The minimum Gasteiger partial charge on any atom is -0.486 e. The summed E-state index contributed by atoms with van der Waals surface area (Å²) in [6.45, 7) is 1.64. The normalized spacial score (nSPS) is 13.1. The zero-order valence-electron chi connectivity index (χ0n) is 10.7. The summed E-state index contributed by atoms with van der Waals surface area (Å²) in [6.07, 6.45) is 0. The molecule has 2 aromatic carbocycles. The Labute approximate surface area is 121 Å². The second-order valence-corrected chi connectivity index (χ2v) is 4.87. The van der Waals surface area contributed by atoms with Crippen molar-refractivity contribution in [2.75, 3.05) is 18.5 Å². The highest BCUT2D eigenvalue weighted by atomic mass is 35.5. The van der Waals surface area contributed by atoms with Crippen LogP contribution >= 0.6 is 11.6 Å². The lowest BCUT2D eigenvalue weighted by Gasteiger charge is -2.19. The molecule has 5 heteroatoms. The number of hydrogen-bond donors (Lipinski definition) is 1.